The SMILES string of the molecule is C=CCNC(=O)C(=O)C(CC1CC1)NC(=O)[C@@H]1[C@@H]2[C@H](CN1C(=O)[C@@H](NC(=O)N[C@H](CN(C)S(=O)(=O)c1ccc(CO)cc1OC)C(C)(C)C)C(C)(C)C)C2(C)C. The number of amides is 5. The number of rotatable bonds is 17. The summed E-state index contributed by atoms with van der Waals surface area (Å²) in [4.78, 5) is 69.8. The molecule has 0 aromatic heterocycles. The van der Waals surface area contributed by atoms with Crippen molar-refractivity contribution >= 4 is 39.6 Å². The third-order valence-electron chi connectivity index (χ3n) is 11.6. The second-order valence-electron chi connectivity index (χ2n) is 18.3. The maximum Gasteiger partial charge on any atom is 0.315 e. The maximum absolute atomic E-state index is 14.6. The molecule has 16 heteroatoms. The van der Waals surface area contributed by atoms with Gasteiger partial charge in [-0.15, -0.1) is 6.58 Å². The van der Waals surface area contributed by atoms with Crippen molar-refractivity contribution < 1.29 is 42.2 Å². The molecule has 3 fully saturated rings. The summed E-state index contributed by atoms with van der Waals surface area (Å²) >= 11 is 0. The number of sulfonamides is 1. The van der Waals surface area contributed by atoms with Crippen molar-refractivity contribution in [2.45, 2.75) is 110 Å². The summed E-state index contributed by atoms with van der Waals surface area (Å²) in [6, 6.07) is -0.176. The van der Waals surface area contributed by atoms with E-state index in [1.807, 2.05) is 34.6 Å². The number of Topliss-reactive ketones (excluding diaryl/α,β-unsaturated/α-hetero) is 1. The highest BCUT2D eigenvalue weighted by Gasteiger charge is 2.70. The van der Waals surface area contributed by atoms with Crippen molar-refractivity contribution in [3.05, 3.63) is 36.4 Å². The third-order valence-corrected chi connectivity index (χ3v) is 13.4. The number of piperidine rings is 1. The molecule has 2 aliphatic carbocycles. The summed E-state index contributed by atoms with van der Waals surface area (Å²) in [7, 11) is -1.37. The number of fused-ring (bicyclic) bond motifs is 1. The number of likely N-dealkylation sites (N-methyl/N-ethyl adjacent to an activating group) is 1. The molecule has 1 aromatic carbocycles. The number of hydrogen-bond acceptors (Lipinski definition) is 9. The molecule has 312 valence electrons. The van der Waals surface area contributed by atoms with Crippen LogP contribution in [0, 0.1) is 34.0 Å². The number of carbonyl (C=O) groups is 5. The van der Waals surface area contributed by atoms with Gasteiger partial charge in [0, 0.05) is 32.7 Å². The highest BCUT2D eigenvalue weighted by atomic mass is 32.2. The van der Waals surface area contributed by atoms with Crippen LogP contribution in [0.2, 0.25) is 0 Å². The average molecular weight is 803 g/mol. The Morgan fingerprint density at radius 1 is 1.05 bits per heavy atom. The first-order chi connectivity index (χ1) is 25.9. The summed E-state index contributed by atoms with van der Waals surface area (Å²) in [6.07, 6.45) is 3.58. The van der Waals surface area contributed by atoms with Crippen molar-refractivity contribution in [2.24, 2.45) is 34.0 Å². The minimum atomic E-state index is -4.11. The van der Waals surface area contributed by atoms with E-state index >= 15 is 0 Å². The zero-order valence-electron chi connectivity index (χ0n) is 34.5. The van der Waals surface area contributed by atoms with Crippen molar-refractivity contribution in [2.75, 3.05) is 33.8 Å². The van der Waals surface area contributed by atoms with E-state index in [2.05, 4.69) is 27.8 Å². The first kappa shape index (κ1) is 44.7. The fraction of sp³-hybridized carbons (Fsp3) is 0.675. The van der Waals surface area contributed by atoms with Crippen LogP contribution in [0.4, 0.5) is 4.79 Å². The number of likely N-dealkylation sites (tertiary alicyclic amines) is 1. The molecule has 1 aromatic rings. The molecule has 56 heavy (non-hydrogen) atoms. The number of ketones is 1. The molecule has 2 saturated carbocycles. The molecule has 0 bridgehead atoms. The Morgan fingerprint density at radius 2 is 1.70 bits per heavy atom. The van der Waals surface area contributed by atoms with Gasteiger partial charge in [0.05, 0.1) is 19.8 Å². The highest BCUT2D eigenvalue weighted by molar-refractivity contribution is 7.89. The van der Waals surface area contributed by atoms with E-state index in [1.165, 1.54) is 43.3 Å². The Kier molecular flexibility index (Phi) is 13.4. The van der Waals surface area contributed by atoms with Crippen molar-refractivity contribution in [1.29, 1.82) is 0 Å². The second kappa shape index (κ2) is 16.8. The Balaban J connectivity index is 1.54. The number of aliphatic hydroxyl groups excluding tert-OH is 1. The molecular weight excluding hydrogens is 741 g/mol. The van der Waals surface area contributed by atoms with Crippen LogP contribution in [0.1, 0.15) is 80.2 Å². The Morgan fingerprint density at radius 3 is 2.23 bits per heavy atom. The van der Waals surface area contributed by atoms with Crippen molar-refractivity contribution in [3.8, 4) is 5.75 Å². The van der Waals surface area contributed by atoms with E-state index in [0.29, 0.717) is 12.0 Å². The van der Waals surface area contributed by atoms with Gasteiger partial charge in [0.1, 0.15) is 22.7 Å². The van der Waals surface area contributed by atoms with Crippen molar-refractivity contribution in [1.82, 2.24) is 30.5 Å². The van der Waals surface area contributed by atoms with Gasteiger partial charge in [-0.25, -0.2) is 13.2 Å². The standard InChI is InChI=1S/C40H62N6O9S/c1-12-17-41-35(50)32(48)26(18-23-13-14-23)42-34(49)31-30-25(40(30,8)9)20-46(31)36(51)33(39(5,6)7)44-37(52)43-29(38(2,3)4)21-45(10)56(53,54)28-16-15-24(22-47)19-27(28)55-11/h12,15-16,19,23,25-26,29-31,33,47H,1,13-14,17-18,20-22H2,2-11H3,(H,41,50)(H,42,49)(H2,43,44,52)/t25-,26?,29+,30-,31-,33+/m0/s1. The van der Waals surface area contributed by atoms with Crippen LogP contribution in [0.15, 0.2) is 35.7 Å². The smallest absolute Gasteiger partial charge is 0.315 e. The van der Waals surface area contributed by atoms with Gasteiger partial charge in [-0.1, -0.05) is 80.4 Å². The van der Waals surface area contributed by atoms with E-state index < -0.39 is 74.6 Å². The van der Waals surface area contributed by atoms with E-state index in [4.69, 9.17) is 4.74 Å². The predicted molar refractivity (Wildman–Crippen MR) is 211 cm³/mol. The van der Waals surface area contributed by atoms with Gasteiger partial charge in [-0.05, 0) is 58.1 Å². The largest absolute Gasteiger partial charge is 0.495 e. The molecule has 5 amide bonds. The Labute approximate surface area is 331 Å². The van der Waals surface area contributed by atoms with E-state index in [-0.39, 0.29) is 60.1 Å². The normalized spacial score (nSPS) is 21.9. The molecule has 1 unspecified atom stereocenters. The molecule has 15 nitrogen and oxygen atoms in total. The summed E-state index contributed by atoms with van der Waals surface area (Å²) in [5.74, 6) is -2.41. The Bertz CT molecular complexity index is 1800. The van der Waals surface area contributed by atoms with Gasteiger partial charge < -0.3 is 36.0 Å². The molecule has 5 N–H and O–H groups in total. The number of carbonyl (C=O) groups excluding carboxylic acids is 5. The van der Waals surface area contributed by atoms with Crippen LogP contribution < -0.4 is 26.0 Å². The lowest BCUT2D eigenvalue weighted by Gasteiger charge is -2.39. The van der Waals surface area contributed by atoms with E-state index in [9.17, 15) is 37.5 Å². The second-order valence-corrected chi connectivity index (χ2v) is 20.3. The quantitative estimate of drug-likeness (QED) is 0.116. The number of benzene rings is 1. The molecule has 1 aliphatic heterocycles. The summed E-state index contributed by atoms with van der Waals surface area (Å²) in [5, 5.41) is 20.6. The van der Waals surface area contributed by atoms with Crippen molar-refractivity contribution in [3.63, 3.8) is 0 Å². The third kappa shape index (κ3) is 9.91. The lowest BCUT2D eigenvalue weighted by atomic mass is 9.85. The number of nitrogens with zero attached hydrogens (tertiary/aromatic N) is 2. The highest BCUT2D eigenvalue weighted by Crippen LogP contribution is 2.65. The van der Waals surface area contributed by atoms with Crippen LogP contribution in [0.3, 0.4) is 0 Å². The van der Waals surface area contributed by atoms with Crippen LogP contribution in [-0.2, 0) is 35.8 Å². The van der Waals surface area contributed by atoms with Gasteiger partial charge in [-0.3, -0.25) is 19.2 Å². The van der Waals surface area contributed by atoms with Crippen LogP contribution in [-0.4, -0.2) is 110 Å². The molecule has 3 aliphatic rings. The summed E-state index contributed by atoms with van der Waals surface area (Å²) < 4.78 is 33.9. The first-order valence-corrected chi connectivity index (χ1v) is 20.7. The summed E-state index contributed by atoms with van der Waals surface area (Å²) in [5.41, 5.74) is -1.22. The number of aliphatic hydroxyl groups is 1. The van der Waals surface area contributed by atoms with Gasteiger partial charge in [0.25, 0.3) is 5.91 Å². The van der Waals surface area contributed by atoms with Gasteiger partial charge in [-0.2, -0.15) is 4.31 Å². The zero-order valence-corrected chi connectivity index (χ0v) is 35.3. The molecular formula is C40H62N6O9S. The minimum absolute atomic E-state index is 0.0198. The molecule has 0 spiro atoms. The number of ether oxygens (including phenoxy) is 1. The number of methoxy groups -OCH3 is 1. The predicted octanol–water partition coefficient (Wildman–Crippen LogP) is 2.58. The average Bonchev–Trinajstić information content (AvgIpc) is 3.97. The number of urea groups is 1. The van der Waals surface area contributed by atoms with Gasteiger partial charge in [0.15, 0.2) is 0 Å². The molecule has 0 radical (unpaired) electrons. The summed E-state index contributed by atoms with van der Waals surface area (Å²) in [6.45, 7) is 18.6. The first-order valence-electron chi connectivity index (χ1n) is 19.2. The van der Waals surface area contributed by atoms with Crippen LogP contribution in [0.25, 0.3) is 0 Å². The zero-order chi connectivity index (χ0) is 42.1. The molecule has 4 rings (SSSR count). The molecule has 1 heterocycles. The minimum Gasteiger partial charge on any atom is -0.495 e. The monoisotopic (exact) mass is 802 g/mol. The maximum atomic E-state index is 14.6. The van der Waals surface area contributed by atoms with E-state index in [0.717, 1.165) is 17.1 Å². The number of hydrogen-bond donors (Lipinski definition) is 5. The van der Waals surface area contributed by atoms with Gasteiger partial charge in [0.2, 0.25) is 27.6 Å². The molecule has 6 atom stereocenters. The number of nitrogens with one attached hydrogen (secondary N) is 4. The fourth-order valence-corrected chi connectivity index (χ4v) is 8.94. The van der Waals surface area contributed by atoms with Gasteiger partial charge >= 0.3 is 6.03 Å². The lowest BCUT2D eigenvalue weighted by molar-refractivity contribution is -0.145. The lowest BCUT2D eigenvalue weighted by Crippen LogP contribution is -2.62. The Hall–Kier alpha value is -4.02. The fourth-order valence-electron chi connectivity index (χ4n) is 7.63. The van der Waals surface area contributed by atoms with E-state index in [1.54, 1.807) is 20.8 Å². The van der Waals surface area contributed by atoms with Crippen LogP contribution in [0.5, 0.6) is 5.75 Å². The topological polar surface area (TPSA) is 204 Å². The molecule has 1 saturated heterocycles. The van der Waals surface area contributed by atoms with Crippen LogP contribution >= 0.6 is 0 Å².